The van der Waals surface area contributed by atoms with E-state index in [1.54, 1.807) is 0 Å². The molecule has 0 radical (unpaired) electrons. The van der Waals surface area contributed by atoms with Crippen molar-refractivity contribution in [2.45, 2.75) is 25.3 Å². The number of nitrogens with two attached hydrogens (primary N) is 1. The molecule has 1 aliphatic heterocycles. The van der Waals surface area contributed by atoms with Crippen molar-refractivity contribution in [2.75, 3.05) is 13.1 Å². The molecule has 1 aliphatic carbocycles. The van der Waals surface area contributed by atoms with Gasteiger partial charge in [0, 0.05) is 13.1 Å². The van der Waals surface area contributed by atoms with E-state index in [-0.39, 0.29) is 11.9 Å². The van der Waals surface area contributed by atoms with Crippen LogP contribution in [0.3, 0.4) is 0 Å². The number of amides is 1. The molecule has 62 valence electrons. The lowest BCUT2D eigenvalue weighted by atomic mass is 10.1. The Balaban J connectivity index is 1.67. The number of hydrogen-bond acceptors (Lipinski definition) is 2. The third-order valence-electron chi connectivity index (χ3n) is 2.55. The Hall–Kier alpha value is -0.570. The molecule has 0 aromatic carbocycles. The zero-order valence-corrected chi connectivity index (χ0v) is 6.62. The normalized spacial score (nSPS) is 30.5. The minimum absolute atomic E-state index is 0.144. The third-order valence-corrected chi connectivity index (χ3v) is 2.55. The van der Waals surface area contributed by atoms with Crippen molar-refractivity contribution >= 4 is 5.91 Å². The van der Waals surface area contributed by atoms with Crippen LogP contribution in [-0.4, -0.2) is 29.9 Å². The zero-order valence-electron chi connectivity index (χ0n) is 6.62. The van der Waals surface area contributed by atoms with Gasteiger partial charge in [0.05, 0.1) is 0 Å². The standard InChI is InChI=1S/C8H14N2O/c9-7-5-10(8(7)11)4-3-6-1-2-6/h6-7H,1-5,9H2. The fourth-order valence-corrected chi connectivity index (χ4v) is 1.47. The summed E-state index contributed by atoms with van der Waals surface area (Å²) in [4.78, 5) is 12.9. The van der Waals surface area contributed by atoms with Crippen molar-refractivity contribution in [3.63, 3.8) is 0 Å². The second-order valence-corrected chi connectivity index (χ2v) is 3.62. The summed E-state index contributed by atoms with van der Waals surface area (Å²) >= 11 is 0. The van der Waals surface area contributed by atoms with Crippen molar-refractivity contribution in [2.24, 2.45) is 11.7 Å². The summed E-state index contributed by atoms with van der Waals surface area (Å²) in [5.74, 6) is 1.06. The molecule has 1 atom stereocenters. The topological polar surface area (TPSA) is 46.3 Å². The fraction of sp³-hybridized carbons (Fsp3) is 0.875. The molecule has 1 saturated carbocycles. The predicted molar refractivity (Wildman–Crippen MR) is 41.9 cm³/mol. The molecule has 1 amide bonds. The second-order valence-electron chi connectivity index (χ2n) is 3.62. The molecule has 2 aliphatic rings. The molecule has 3 nitrogen and oxygen atoms in total. The van der Waals surface area contributed by atoms with Crippen molar-refractivity contribution in [1.29, 1.82) is 0 Å². The highest BCUT2D eigenvalue weighted by molar-refractivity contribution is 5.87. The van der Waals surface area contributed by atoms with Crippen LogP contribution in [0.2, 0.25) is 0 Å². The molecule has 0 aromatic heterocycles. The van der Waals surface area contributed by atoms with Gasteiger partial charge in [0.1, 0.15) is 6.04 Å². The Labute approximate surface area is 66.5 Å². The minimum Gasteiger partial charge on any atom is -0.339 e. The highest BCUT2D eigenvalue weighted by Gasteiger charge is 2.34. The van der Waals surface area contributed by atoms with Crippen LogP contribution in [0, 0.1) is 5.92 Å². The van der Waals surface area contributed by atoms with Crippen molar-refractivity contribution < 1.29 is 4.79 Å². The average molecular weight is 154 g/mol. The summed E-state index contributed by atoms with van der Waals surface area (Å²) in [6.45, 7) is 1.72. The van der Waals surface area contributed by atoms with Crippen LogP contribution in [0.1, 0.15) is 19.3 Å². The molecule has 1 heterocycles. The number of β-lactam (4-membered cyclic amide) rings is 1. The average Bonchev–Trinajstić information content (AvgIpc) is 2.80. The summed E-state index contributed by atoms with van der Waals surface area (Å²) in [5, 5.41) is 0. The lowest BCUT2D eigenvalue weighted by Gasteiger charge is -2.36. The molecule has 0 spiro atoms. The Morgan fingerprint density at radius 3 is 2.73 bits per heavy atom. The molecule has 1 unspecified atom stereocenters. The SMILES string of the molecule is NC1CN(CCC2CC2)C1=O. The van der Waals surface area contributed by atoms with Gasteiger partial charge in [0.25, 0.3) is 0 Å². The number of likely N-dealkylation sites (tertiary alicyclic amines) is 1. The van der Waals surface area contributed by atoms with Crippen LogP contribution >= 0.6 is 0 Å². The van der Waals surface area contributed by atoms with Gasteiger partial charge in [-0.1, -0.05) is 12.8 Å². The lowest BCUT2D eigenvalue weighted by Crippen LogP contribution is -2.60. The largest absolute Gasteiger partial charge is 0.339 e. The maximum atomic E-state index is 11.0. The molecule has 2 rings (SSSR count). The first-order valence-electron chi connectivity index (χ1n) is 4.32. The molecule has 3 heteroatoms. The van der Waals surface area contributed by atoms with E-state index in [0.717, 1.165) is 19.0 Å². The first-order chi connectivity index (χ1) is 5.27. The number of carbonyl (C=O) groups is 1. The molecule has 2 fully saturated rings. The monoisotopic (exact) mass is 154 g/mol. The van der Waals surface area contributed by atoms with E-state index in [4.69, 9.17) is 5.73 Å². The second kappa shape index (κ2) is 2.48. The number of nitrogens with zero attached hydrogens (tertiary/aromatic N) is 1. The zero-order chi connectivity index (χ0) is 7.84. The van der Waals surface area contributed by atoms with Crippen LogP contribution in [0.15, 0.2) is 0 Å². The minimum atomic E-state index is -0.186. The number of rotatable bonds is 3. The van der Waals surface area contributed by atoms with Crippen LogP contribution < -0.4 is 5.73 Å². The molecular weight excluding hydrogens is 140 g/mol. The van der Waals surface area contributed by atoms with Gasteiger partial charge in [-0.25, -0.2) is 0 Å². The van der Waals surface area contributed by atoms with Crippen LogP contribution in [0.5, 0.6) is 0 Å². The van der Waals surface area contributed by atoms with E-state index in [1.807, 2.05) is 4.90 Å². The molecule has 0 aromatic rings. The highest BCUT2D eigenvalue weighted by atomic mass is 16.2. The Morgan fingerprint density at radius 2 is 2.27 bits per heavy atom. The van der Waals surface area contributed by atoms with Gasteiger partial charge >= 0.3 is 0 Å². The van der Waals surface area contributed by atoms with E-state index in [1.165, 1.54) is 19.3 Å². The van der Waals surface area contributed by atoms with Gasteiger partial charge in [-0.2, -0.15) is 0 Å². The van der Waals surface area contributed by atoms with Crippen LogP contribution in [0.25, 0.3) is 0 Å². The molecule has 2 N–H and O–H groups in total. The van der Waals surface area contributed by atoms with Gasteiger partial charge in [0.15, 0.2) is 0 Å². The van der Waals surface area contributed by atoms with E-state index < -0.39 is 0 Å². The Bertz CT molecular complexity index is 177. The summed E-state index contributed by atoms with van der Waals surface area (Å²) in [7, 11) is 0. The Kier molecular flexibility index (Phi) is 1.60. The van der Waals surface area contributed by atoms with Crippen molar-refractivity contribution in [3.05, 3.63) is 0 Å². The summed E-state index contributed by atoms with van der Waals surface area (Å²) in [6, 6.07) is -0.186. The van der Waals surface area contributed by atoms with Crippen LogP contribution in [0.4, 0.5) is 0 Å². The predicted octanol–water partition coefficient (Wildman–Crippen LogP) is -0.0440. The molecule has 0 bridgehead atoms. The van der Waals surface area contributed by atoms with E-state index in [0.29, 0.717) is 0 Å². The first-order valence-corrected chi connectivity index (χ1v) is 4.32. The van der Waals surface area contributed by atoms with E-state index in [9.17, 15) is 4.79 Å². The fourth-order valence-electron chi connectivity index (χ4n) is 1.47. The molecule has 11 heavy (non-hydrogen) atoms. The quantitative estimate of drug-likeness (QED) is 0.580. The summed E-state index contributed by atoms with van der Waals surface area (Å²) in [5.41, 5.74) is 5.44. The van der Waals surface area contributed by atoms with E-state index in [2.05, 4.69) is 0 Å². The maximum Gasteiger partial charge on any atom is 0.241 e. The molecular formula is C8H14N2O. The van der Waals surface area contributed by atoms with Gasteiger partial charge < -0.3 is 10.6 Å². The van der Waals surface area contributed by atoms with Gasteiger partial charge in [-0.05, 0) is 12.3 Å². The van der Waals surface area contributed by atoms with Crippen molar-refractivity contribution in [3.8, 4) is 0 Å². The van der Waals surface area contributed by atoms with Gasteiger partial charge in [0.2, 0.25) is 5.91 Å². The number of carbonyl (C=O) groups excluding carboxylic acids is 1. The smallest absolute Gasteiger partial charge is 0.241 e. The highest BCUT2D eigenvalue weighted by Crippen LogP contribution is 2.32. The van der Waals surface area contributed by atoms with Crippen molar-refractivity contribution in [1.82, 2.24) is 4.90 Å². The summed E-state index contributed by atoms with van der Waals surface area (Å²) in [6.07, 6.45) is 3.93. The third kappa shape index (κ3) is 1.38. The summed E-state index contributed by atoms with van der Waals surface area (Å²) < 4.78 is 0. The first kappa shape index (κ1) is 7.10. The van der Waals surface area contributed by atoms with Gasteiger partial charge in [-0.3, -0.25) is 4.79 Å². The maximum absolute atomic E-state index is 11.0. The van der Waals surface area contributed by atoms with Crippen LogP contribution in [-0.2, 0) is 4.79 Å². The number of hydrogen-bond donors (Lipinski definition) is 1. The lowest BCUT2D eigenvalue weighted by molar-refractivity contribution is -0.142. The molecule has 1 saturated heterocycles. The Morgan fingerprint density at radius 1 is 1.55 bits per heavy atom. The van der Waals surface area contributed by atoms with E-state index >= 15 is 0 Å². The van der Waals surface area contributed by atoms with Gasteiger partial charge in [-0.15, -0.1) is 0 Å².